The van der Waals surface area contributed by atoms with Crippen molar-refractivity contribution in [2.24, 2.45) is 0 Å². The van der Waals surface area contributed by atoms with Gasteiger partial charge in [0.05, 0.1) is 9.81 Å². The first-order valence-electron chi connectivity index (χ1n) is 6.74. The van der Waals surface area contributed by atoms with E-state index >= 15 is 0 Å². The number of carbonyl (C=O) groups excluding carboxylic acids is 2. The molecular weight excluding hydrogens is 476 g/mol. The molecule has 8 heteroatoms. The zero-order valence-corrected chi connectivity index (χ0v) is 16.7. The number of thioether (sulfide) groups is 2. The molecule has 0 aromatic heterocycles. The van der Waals surface area contributed by atoms with E-state index in [0.29, 0.717) is 41.3 Å². The van der Waals surface area contributed by atoms with Gasteiger partial charge in [0.15, 0.2) is 0 Å². The minimum absolute atomic E-state index is 0.147. The van der Waals surface area contributed by atoms with Gasteiger partial charge in [0.2, 0.25) is 11.6 Å². The number of ketones is 2. The Morgan fingerprint density at radius 3 is 1.46 bits per heavy atom. The molecule has 4 N–H and O–H groups in total. The lowest BCUT2D eigenvalue weighted by atomic mass is 10.1. The van der Waals surface area contributed by atoms with Gasteiger partial charge in [-0.3, -0.25) is 9.59 Å². The summed E-state index contributed by atoms with van der Waals surface area (Å²) in [4.78, 5) is 27.9. The van der Waals surface area contributed by atoms with Crippen LogP contribution in [0.1, 0.15) is 20.7 Å². The van der Waals surface area contributed by atoms with Crippen molar-refractivity contribution in [3.63, 3.8) is 0 Å². The zero-order chi connectivity index (χ0) is 17.2. The summed E-state index contributed by atoms with van der Waals surface area (Å²) in [6.07, 6.45) is 0. The van der Waals surface area contributed by atoms with E-state index in [0.717, 1.165) is 9.79 Å². The van der Waals surface area contributed by atoms with Gasteiger partial charge in [-0.05, 0) is 56.1 Å². The molecule has 0 saturated carbocycles. The van der Waals surface area contributed by atoms with Gasteiger partial charge in [-0.25, -0.2) is 0 Å². The largest absolute Gasteiger partial charge is 0.398 e. The van der Waals surface area contributed by atoms with Crippen molar-refractivity contribution in [3.8, 4) is 0 Å². The number of benzene rings is 2. The van der Waals surface area contributed by atoms with E-state index in [9.17, 15) is 9.59 Å². The van der Waals surface area contributed by atoms with Crippen molar-refractivity contribution in [2.45, 2.75) is 9.79 Å². The summed E-state index contributed by atoms with van der Waals surface area (Å²) in [6, 6.07) is 6.92. The lowest BCUT2D eigenvalue weighted by Crippen LogP contribution is -2.02. The smallest absolute Gasteiger partial charge is 0.202 e. The average Bonchev–Trinajstić information content (AvgIpc) is 3.00. The first kappa shape index (κ1) is 16.3. The van der Waals surface area contributed by atoms with Crippen LogP contribution in [-0.4, -0.2) is 11.6 Å². The highest BCUT2D eigenvalue weighted by molar-refractivity contribution is 9.11. The number of carbonyl (C=O) groups is 2. The van der Waals surface area contributed by atoms with Crippen LogP contribution in [0.2, 0.25) is 0 Å². The third kappa shape index (κ3) is 2.35. The van der Waals surface area contributed by atoms with Gasteiger partial charge >= 0.3 is 0 Å². The number of hydrogen-bond acceptors (Lipinski definition) is 6. The molecule has 24 heavy (non-hydrogen) atoms. The number of nitrogen functional groups attached to an aromatic ring is 2. The molecule has 0 bridgehead atoms. The van der Waals surface area contributed by atoms with Crippen molar-refractivity contribution in [3.05, 3.63) is 54.1 Å². The van der Waals surface area contributed by atoms with Gasteiger partial charge < -0.3 is 11.5 Å². The summed E-state index contributed by atoms with van der Waals surface area (Å²) >= 11 is 9.26. The molecule has 2 aliphatic heterocycles. The maximum atomic E-state index is 12.7. The molecular formula is C16H8Br2N2O2S2. The number of nitrogens with two attached hydrogens (primary N) is 2. The van der Waals surface area contributed by atoms with Crippen LogP contribution in [0.5, 0.6) is 0 Å². The van der Waals surface area contributed by atoms with Crippen molar-refractivity contribution in [1.82, 2.24) is 0 Å². The summed E-state index contributed by atoms with van der Waals surface area (Å²) in [7, 11) is 0. The molecule has 0 atom stereocenters. The standard InChI is InChI=1S/C16H8Br2N2O2S2/c17-7-1-5-11(3-9(7)19)23-15(13(5)21)16-14(22)6-2-8(18)10(20)4-12(6)24-16/h1-4H,19-20H2/b16-15-. The molecule has 2 heterocycles. The molecule has 2 aromatic rings. The Kier molecular flexibility index (Phi) is 3.83. The van der Waals surface area contributed by atoms with Crippen LogP contribution in [0, 0.1) is 0 Å². The molecule has 4 rings (SSSR count). The normalized spacial score (nSPS) is 18.9. The fourth-order valence-electron chi connectivity index (χ4n) is 2.52. The first-order chi connectivity index (χ1) is 11.4. The fraction of sp³-hybridized carbons (Fsp3) is 0. The second-order valence-corrected chi connectivity index (χ2v) is 9.07. The highest BCUT2D eigenvalue weighted by Crippen LogP contribution is 2.51. The molecule has 2 aliphatic rings. The van der Waals surface area contributed by atoms with Crippen LogP contribution in [0.15, 0.2) is 52.8 Å². The summed E-state index contributed by atoms with van der Waals surface area (Å²) in [6.45, 7) is 0. The molecule has 2 aromatic carbocycles. The molecule has 0 aliphatic carbocycles. The molecule has 0 saturated heterocycles. The fourth-order valence-corrected chi connectivity index (χ4v) is 5.57. The number of rotatable bonds is 0. The number of anilines is 2. The van der Waals surface area contributed by atoms with Gasteiger partial charge in [-0.1, -0.05) is 23.5 Å². The molecule has 0 amide bonds. The van der Waals surface area contributed by atoms with Gasteiger partial charge in [0.1, 0.15) is 0 Å². The van der Waals surface area contributed by atoms with Crippen LogP contribution < -0.4 is 11.5 Å². The van der Waals surface area contributed by atoms with Crippen molar-refractivity contribution in [2.75, 3.05) is 11.5 Å². The second kappa shape index (κ2) is 5.66. The van der Waals surface area contributed by atoms with Crippen molar-refractivity contribution in [1.29, 1.82) is 0 Å². The van der Waals surface area contributed by atoms with E-state index in [4.69, 9.17) is 11.5 Å². The molecule has 0 radical (unpaired) electrons. The quantitative estimate of drug-likeness (QED) is 0.410. The van der Waals surface area contributed by atoms with E-state index in [1.165, 1.54) is 23.5 Å². The first-order valence-corrected chi connectivity index (χ1v) is 9.96. The Morgan fingerprint density at radius 1 is 0.708 bits per heavy atom. The highest BCUT2D eigenvalue weighted by Gasteiger charge is 2.36. The Labute approximate surface area is 162 Å². The zero-order valence-electron chi connectivity index (χ0n) is 11.9. The molecule has 0 spiro atoms. The van der Waals surface area contributed by atoms with Crippen LogP contribution in [0.25, 0.3) is 0 Å². The van der Waals surface area contributed by atoms with Crippen LogP contribution in [-0.2, 0) is 0 Å². The summed E-state index contributed by atoms with van der Waals surface area (Å²) in [5.41, 5.74) is 14.0. The van der Waals surface area contributed by atoms with Crippen LogP contribution >= 0.6 is 55.4 Å². The van der Waals surface area contributed by atoms with E-state index in [-0.39, 0.29) is 11.6 Å². The number of allylic oxidation sites excluding steroid dienone is 2. The maximum Gasteiger partial charge on any atom is 0.202 e. The third-order valence-electron chi connectivity index (χ3n) is 3.73. The minimum Gasteiger partial charge on any atom is -0.398 e. The van der Waals surface area contributed by atoms with Gasteiger partial charge in [0, 0.05) is 41.2 Å². The lowest BCUT2D eigenvalue weighted by molar-refractivity contribution is 0.101. The van der Waals surface area contributed by atoms with Crippen LogP contribution in [0.4, 0.5) is 11.4 Å². The number of Topliss-reactive ketones (excluding diaryl/α,β-unsaturated/α-hetero) is 2. The predicted octanol–water partition coefficient (Wildman–Crippen LogP) is 4.86. The van der Waals surface area contributed by atoms with E-state index in [1.54, 1.807) is 24.3 Å². The van der Waals surface area contributed by atoms with Gasteiger partial charge in [-0.2, -0.15) is 0 Å². The van der Waals surface area contributed by atoms with Crippen molar-refractivity contribution >= 4 is 78.3 Å². The number of fused-ring (bicyclic) bond motifs is 2. The Bertz CT molecular complexity index is 923. The Hall–Kier alpha value is -1.22. The van der Waals surface area contributed by atoms with E-state index in [2.05, 4.69) is 31.9 Å². The van der Waals surface area contributed by atoms with E-state index < -0.39 is 0 Å². The molecule has 0 fully saturated rings. The third-order valence-corrected chi connectivity index (χ3v) is 7.54. The lowest BCUT2D eigenvalue weighted by Gasteiger charge is -2.00. The van der Waals surface area contributed by atoms with Gasteiger partial charge in [-0.15, -0.1) is 0 Å². The predicted molar refractivity (Wildman–Crippen MR) is 105 cm³/mol. The van der Waals surface area contributed by atoms with E-state index in [1.807, 2.05) is 0 Å². The molecule has 120 valence electrons. The van der Waals surface area contributed by atoms with Crippen molar-refractivity contribution < 1.29 is 9.59 Å². The minimum atomic E-state index is -0.147. The average molecular weight is 484 g/mol. The monoisotopic (exact) mass is 482 g/mol. The molecule has 0 unspecified atom stereocenters. The Balaban J connectivity index is 1.83. The number of halogens is 2. The second-order valence-electron chi connectivity index (χ2n) is 5.26. The Morgan fingerprint density at radius 2 is 1.08 bits per heavy atom. The SMILES string of the molecule is Nc1cc2c(cc1Br)C(=O)/C(=C1/Sc3cc(N)c(Br)cc3C1=O)S2. The summed E-state index contributed by atoms with van der Waals surface area (Å²) in [5, 5.41) is 0. The summed E-state index contributed by atoms with van der Waals surface area (Å²) < 4.78 is 1.35. The molecule has 4 nitrogen and oxygen atoms in total. The number of hydrogen-bond donors (Lipinski definition) is 2. The van der Waals surface area contributed by atoms with Gasteiger partial charge in [0.25, 0.3) is 0 Å². The topological polar surface area (TPSA) is 86.2 Å². The maximum absolute atomic E-state index is 12.7. The summed E-state index contributed by atoms with van der Waals surface area (Å²) in [5.74, 6) is -0.294. The highest BCUT2D eigenvalue weighted by atomic mass is 79.9. The van der Waals surface area contributed by atoms with Crippen LogP contribution in [0.3, 0.4) is 0 Å².